The molecule has 0 aromatic heterocycles. The Bertz CT molecular complexity index is 393. The summed E-state index contributed by atoms with van der Waals surface area (Å²) in [6.07, 6.45) is 0.574. The van der Waals surface area contributed by atoms with Gasteiger partial charge in [-0.15, -0.1) is 0 Å². The molecule has 13 heavy (non-hydrogen) atoms. The van der Waals surface area contributed by atoms with Gasteiger partial charge in [0.2, 0.25) is 11.6 Å². The van der Waals surface area contributed by atoms with Crippen LogP contribution in [0.15, 0.2) is 36.1 Å². The Kier molecular flexibility index (Phi) is 1.52. The Morgan fingerprint density at radius 2 is 1.46 bits per heavy atom. The lowest BCUT2D eigenvalue weighted by atomic mass is 10.1. The van der Waals surface area contributed by atoms with Gasteiger partial charge < -0.3 is 5.11 Å². The number of fused-ring (bicyclic) bond motifs is 1. The smallest absolute Gasteiger partial charge is 0.200 e. The van der Waals surface area contributed by atoms with E-state index in [0.717, 1.165) is 0 Å². The molecule has 0 fully saturated rings. The number of ketones is 2. The number of Topliss-reactive ketones (excluding diaryl/α,β-unsaturated/α-hetero) is 2. The van der Waals surface area contributed by atoms with E-state index in [1.54, 1.807) is 24.3 Å². The summed E-state index contributed by atoms with van der Waals surface area (Å²) in [6, 6.07) is 6.52. The molecule has 0 amide bonds. The van der Waals surface area contributed by atoms with Crippen molar-refractivity contribution in [3.8, 4) is 0 Å². The third-order valence-electron chi connectivity index (χ3n) is 2.03. The second-order valence-electron chi connectivity index (χ2n) is 2.75. The van der Waals surface area contributed by atoms with E-state index >= 15 is 0 Å². The fraction of sp³-hybridized carbons (Fsp3) is 0. The van der Waals surface area contributed by atoms with Crippen LogP contribution in [-0.4, -0.2) is 16.7 Å². The highest BCUT2D eigenvalue weighted by Crippen LogP contribution is 2.25. The SMILES string of the molecule is O=C1C(=CO)C(=O)c2ccccc21. The first kappa shape index (κ1) is 7.73. The zero-order valence-electron chi connectivity index (χ0n) is 6.65. The summed E-state index contributed by atoms with van der Waals surface area (Å²) in [5.41, 5.74) is 0.585. The van der Waals surface area contributed by atoms with Crippen LogP contribution in [0.3, 0.4) is 0 Å². The molecule has 0 unspecified atom stereocenters. The molecule has 1 aliphatic rings. The molecule has 2 rings (SSSR count). The first-order chi connectivity index (χ1) is 6.25. The lowest BCUT2D eigenvalue weighted by molar-refractivity contribution is 0.0984. The summed E-state index contributed by atoms with van der Waals surface area (Å²) in [7, 11) is 0. The fourth-order valence-electron chi connectivity index (χ4n) is 1.39. The zero-order chi connectivity index (χ0) is 9.42. The number of hydrogen-bond acceptors (Lipinski definition) is 3. The fourth-order valence-corrected chi connectivity index (χ4v) is 1.39. The molecule has 0 spiro atoms. The minimum absolute atomic E-state index is 0.152. The van der Waals surface area contributed by atoms with Gasteiger partial charge in [-0.25, -0.2) is 0 Å². The zero-order valence-corrected chi connectivity index (χ0v) is 6.65. The number of rotatable bonds is 0. The Morgan fingerprint density at radius 1 is 1.00 bits per heavy atom. The van der Waals surface area contributed by atoms with E-state index in [1.807, 2.05) is 0 Å². The number of carbonyl (C=O) groups is 2. The van der Waals surface area contributed by atoms with E-state index in [4.69, 9.17) is 5.11 Å². The average molecular weight is 174 g/mol. The van der Waals surface area contributed by atoms with Crippen molar-refractivity contribution in [1.82, 2.24) is 0 Å². The highest BCUT2D eigenvalue weighted by atomic mass is 16.2. The number of carbonyl (C=O) groups excluding carboxylic acids is 2. The van der Waals surface area contributed by atoms with Gasteiger partial charge in [-0.2, -0.15) is 0 Å². The van der Waals surface area contributed by atoms with Gasteiger partial charge in [0.25, 0.3) is 0 Å². The van der Waals surface area contributed by atoms with Crippen LogP contribution >= 0.6 is 0 Å². The van der Waals surface area contributed by atoms with E-state index < -0.39 is 11.6 Å². The number of allylic oxidation sites excluding steroid dienone is 1. The van der Waals surface area contributed by atoms with Crippen LogP contribution in [0.2, 0.25) is 0 Å². The van der Waals surface area contributed by atoms with Crippen molar-refractivity contribution in [2.24, 2.45) is 0 Å². The molecule has 64 valence electrons. The molecule has 1 aromatic carbocycles. The first-order valence-electron chi connectivity index (χ1n) is 3.78. The summed E-state index contributed by atoms with van der Waals surface area (Å²) >= 11 is 0. The third-order valence-corrected chi connectivity index (χ3v) is 2.03. The average Bonchev–Trinajstić information content (AvgIpc) is 2.41. The summed E-state index contributed by atoms with van der Waals surface area (Å²) in [4.78, 5) is 22.8. The number of aliphatic hydroxyl groups is 1. The van der Waals surface area contributed by atoms with Crippen LogP contribution in [-0.2, 0) is 0 Å². The van der Waals surface area contributed by atoms with Crippen LogP contribution in [0.4, 0.5) is 0 Å². The molecule has 0 atom stereocenters. The van der Waals surface area contributed by atoms with Crippen LogP contribution < -0.4 is 0 Å². The molecule has 1 aromatic rings. The highest BCUT2D eigenvalue weighted by Gasteiger charge is 2.32. The van der Waals surface area contributed by atoms with E-state index in [0.29, 0.717) is 17.4 Å². The van der Waals surface area contributed by atoms with E-state index in [1.165, 1.54) is 0 Å². The van der Waals surface area contributed by atoms with Crippen LogP contribution in [0, 0.1) is 0 Å². The molecule has 0 bridgehead atoms. The first-order valence-corrected chi connectivity index (χ1v) is 3.78. The molecule has 0 heterocycles. The minimum atomic E-state index is -0.400. The summed E-state index contributed by atoms with van der Waals surface area (Å²) in [6.45, 7) is 0. The lowest BCUT2D eigenvalue weighted by Gasteiger charge is -1.90. The van der Waals surface area contributed by atoms with Crippen molar-refractivity contribution in [2.75, 3.05) is 0 Å². The van der Waals surface area contributed by atoms with Gasteiger partial charge >= 0.3 is 0 Å². The molecule has 0 aliphatic heterocycles. The second-order valence-corrected chi connectivity index (χ2v) is 2.75. The van der Waals surface area contributed by atoms with Crippen molar-refractivity contribution in [1.29, 1.82) is 0 Å². The normalized spacial score (nSPS) is 14.6. The molecule has 3 nitrogen and oxygen atoms in total. The summed E-state index contributed by atoms with van der Waals surface area (Å²) in [5.74, 6) is -0.800. The van der Waals surface area contributed by atoms with E-state index in [2.05, 4.69) is 0 Å². The molecular formula is C10H6O3. The molecule has 1 aliphatic carbocycles. The second kappa shape index (κ2) is 2.55. The standard InChI is InChI=1S/C10H6O3/c11-5-8-9(12)6-3-1-2-4-7(6)10(8)13/h1-5,11H. The van der Waals surface area contributed by atoms with Crippen molar-refractivity contribution >= 4 is 11.6 Å². The van der Waals surface area contributed by atoms with Crippen molar-refractivity contribution < 1.29 is 14.7 Å². The quantitative estimate of drug-likeness (QED) is 0.368. The van der Waals surface area contributed by atoms with Crippen LogP contribution in [0.5, 0.6) is 0 Å². The Labute approximate surface area is 74.3 Å². The van der Waals surface area contributed by atoms with Gasteiger partial charge in [0.1, 0.15) is 5.57 Å². The molecule has 1 N–H and O–H groups in total. The van der Waals surface area contributed by atoms with Gasteiger partial charge in [0, 0.05) is 11.1 Å². The molecular weight excluding hydrogens is 168 g/mol. The molecule has 3 heteroatoms. The van der Waals surface area contributed by atoms with Gasteiger partial charge in [-0.05, 0) is 0 Å². The largest absolute Gasteiger partial charge is 0.515 e. The van der Waals surface area contributed by atoms with Crippen LogP contribution in [0.25, 0.3) is 0 Å². The summed E-state index contributed by atoms with van der Waals surface area (Å²) < 4.78 is 0. The maximum atomic E-state index is 11.4. The Balaban J connectivity index is 2.71. The van der Waals surface area contributed by atoms with Crippen molar-refractivity contribution in [2.45, 2.75) is 0 Å². The predicted octanol–water partition coefficient (Wildman–Crippen LogP) is 1.51. The van der Waals surface area contributed by atoms with Crippen molar-refractivity contribution in [3.05, 3.63) is 47.2 Å². The highest BCUT2D eigenvalue weighted by molar-refractivity contribution is 6.39. The van der Waals surface area contributed by atoms with Gasteiger partial charge in [-0.3, -0.25) is 9.59 Å². The minimum Gasteiger partial charge on any atom is -0.515 e. The monoisotopic (exact) mass is 174 g/mol. The topological polar surface area (TPSA) is 54.4 Å². The number of benzene rings is 1. The maximum absolute atomic E-state index is 11.4. The maximum Gasteiger partial charge on any atom is 0.200 e. The van der Waals surface area contributed by atoms with Gasteiger partial charge in [0.05, 0.1) is 6.26 Å². The van der Waals surface area contributed by atoms with E-state index in [9.17, 15) is 9.59 Å². The lowest BCUT2D eigenvalue weighted by Crippen LogP contribution is -1.99. The van der Waals surface area contributed by atoms with Gasteiger partial charge in [0.15, 0.2) is 0 Å². The number of aliphatic hydroxyl groups excluding tert-OH is 1. The van der Waals surface area contributed by atoms with E-state index in [-0.39, 0.29) is 5.57 Å². The Morgan fingerprint density at radius 3 is 1.85 bits per heavy atom. The van der Waals surface area contributed by atoms with Crippen molar-refractivity contribution in [3.63, 3.8) is 0 Å². The molecule has 0 saturated carbocycles. The molecule has 0 radical (unpaired) electrons. The molecule has 0 saturated heterocycles. The van der Waals surface area contributed by atoms with Crippen LogP contribution in [0.1, 0.15) is 20.7 Å². The Hall–Kier alpha value is -1.90. The summed E-state index contributed by atoms with van der Waals surface area (Å²) in [5, 5.41) is 8.68. The predicted molar refractivity (Wildman–Crippen MR) is 45.8 cm³/mol. The third kappa shape index (κ3) is 0.902. The van der Waals surface area contributed by atoms with Gasteiger partial charge in [-0.1, -0.05) is 24.3 Å². The number of hydrogen-bond donors (Lipinski definition) is 1.